The smallest absolute Gasteiger partial charge is 0.169 e. The molecule has 0 heterocycles. The van der Waals surface area contributed by atoms with Crippen molar-refractivity contribution in [3.63, 3.8) is 0 Å². The van der Waals surface area contributed by atoms with Gasteiger partial charge in [-0.1, -0.05) is 26.3 Å². The van der Waals surface area contributed by atoms with Gasteiger partial charge in [0.1, 0.15) is 0 Å². The van der Waals surface area contributed by atoms with Crippen LogP contribution in [0.15, 0.2) is 18.2 Å². The molecule has 0 aliphatic heterocycles. The minimum absolute atomic E-state index is 0.579. The molecule has 3 rings (SSSR count). The molecule has 150 valence electrons. The first-order chi connectivity index (χ1) is 13.1. The first kappa shape index (κ1) is 20.2. The molecular formula is C22H34N2O2S. The lowest BCUT2D eigenvalue weighted by Gasteiger charge is -2.31. The van der Waals surface area contributed by atoms with Gasteiger partial charge in [-0.3, -0.25) is 0 Å². The molecule has 0 radical (unpaired) electrons. The molecule has 0 amide bonds. The molecule has 1 aromatic rings. The molecule has 27 heavy (non-hydrogen) atoms. The molecular weight excluding hydrogens is 356 g/mol. The number of nitrogens with one attached hydrogen (secondary N) is 1. The predicted octanol–water partition coefficient (Wildman–Crippen LogP) is 4.76. The Morgan fingerprint density at radius 1 is 1.19 bits per heavy atom. The summed E-state index contributed by atoms with van der Waals surface area (Å²) in [7, 11) is 1.70. The van der Waals surface area contributed by atoms with Gasteiger partial charge >= 0.3 is 0 Å². The quantitative estimate of drug-likeness (QED) is 0.615. The van der Waals surface area contributed by atoms with E-state index >= 15 is 0 Å². The Labute approximate surface area is 169 Å². The minimum atomic E-state index is 0.579. The lowest BCUT2D eigenvalue weighted by molar-refractivity contribution is 0.293. The third kappa shape index (κ3) is 5.07. The first-order valence-corrected chi connectivity index (χ1v) is 10.9. The second kappa shape index (κ2) is 9.63. The van der Waals surface area contributed by atoms with E-state index in [-0.39, 0.29) is 0 Å². The summed E-state index contributed by atoms with van der Waals surface area (Å²) >= 11 is 5.80. The summed E-state index contributed by atoms with van der Waals surface area (Å²) in [4.78, 5) is 2.29. The Balaban J connectivity index is 1.63. The fourth-order valence-corrected chi connectivity index (χ4v) is 4.86. The van der Waals surface area contributed by atoms with E-state index in [1.807, 2.05) is 6.07 Å². The zero-order chi connectivity index (χ0) is 19.2. The summed E-state index contributed by atoms with van der Waals surface area (Å²) in [5.74, 6) is 3.36. The Morgan fingerprint density at radius 3 is 2.67 bits per heavy atom. The van der Waals surface area contributed by atoms with E-state index in [1.54, 1.807) is 7.11 Å². The first-order valence-electron chi connectivity index (χ1n) is 10.5. The van der Waals surface area contributed by atoms with Crippen LogP contribution in [0.1, 0.15) is 57.9 Å². The molecule has 1 aromatic carbocycles. The van der Waals surface area contributed by atoms with Crippen molar-refractivity contribution >= 4 is 17.3 Å². The monoisotopic (exact) mass is 390 g/mol. The number of ether oxygens (including phenoxy) is 2. The van der Waals surface area contributed by atoms with E-state index in [2.05, 4.69) is 36.2 Å². The van der Waals surface area contributed by atoms with Crippen molar-refractivity contribution in [2.45, 2.75) is 65.0 Å². The van der Waals surface area contributed by atoms with Crippen molar-refractivity contribution < 1.29 is 9.47 Å². The number of fused-ring (bicyclic) bond motifs is 2. The lowest BCUT2D eigenvalue weighted by atomic mass is 9.95. The summed E-state index contributed by atoms with van der Waals surface area (Å²) in [5, 5.41) is 4.59. The van der Waals surface area contributed by atoms with Crippen molar-refractivity contribution in [3.05, 3.63) is 23.8 Å². The van der Waals surface area contributed by atoms with Gasteiger partial charge in [0.2, 0.25) is 0 Å². The standard InChI is InChI=1S/C22H34N2O2S/c1-4-10-24(22(27)23-19-13-16-6-8-18(19)12-16)15-17-7-9-20(26-11-5-2)21(14-17)25-3/h7,9,14,16,18-19H,4-6,8,10-13,15H2,1-3H3,(H,23,27)/t16-,18-,19+/m1/s1. The van der Waals surface area contributed by atoms with Crippen LogP contribution < -0.4 is 14.8 Å². The van der Waals surface area contributed by atoms with E-state index < -0.39 is 0 Å². The Bertz CT molecular complexity index is 637. The van der Waals surface area contributed by atoms with Crippen LogP contribution in [0, 0.1) is 11.8 Å². The zero-order valence-corrected chi connectivity index (χ0v) is 17.8. The average molecular weight is 391 g/mol. The van der Waals surface area contributed by atoms with Crippen LogP contribution in [0.3, 0.4) is 0 Å². The fourth-order valence-electron chi connectivity index (χ4n) is 4.56. The summed E-state index contributed by atoms with van der Waals surface area (Å²) < 4.78 is 11.3. The topological polar surface area (TPSA) is 33.7 Å². The van der Waals surface area contributed by atoms with Gasteiger partial charge in [-0.25, -0.2) is 0 Å². The second-order valence-corrected chi connectivity index (χ2v) is 8.37. The summed E-state index contributed by atoms with van der Waals surface area (Å²) in [6.07, 6.45) is 7.54. The molecule has 0 spiro atoms. The number of thiocarbonyl (C=S) groups is 1. The van der Waals surface area contributed by atoms with E-state index in [4.69, 9.17) is 21.7 Å². The molecule has 0 saturated heterocycles. The number of hydrogen-bond donors (Lipinski definition) is 1. The van der Waals surface area contributed by atoms with Crippen LogP contribution in [0.5, 0.6) is 11.5 Å². The normalized spacial score (nSPS) is 23.3. The molecule has 2 saturated carbocycles. The van der Waals surface area contributed by atoms with Crippen molar-refractivity contribution in [1.82, 2.24) is 10.2 Å². The van der Waals surface area contributed by atoms with Crippen molar-refractivity contribution in [2.24, 2.45) is 11.8 Å². The third-order valence-corrected chi connectivity index (χ3v) is 6.27. The SMILES string of the molecule is CCCOc1ccc(CN(CCC)C(=S)N[C@H]2C[C@@H]3CC[C@@H]2C3)cc1OC. The lowest BCUT2D eigenvalue weighted by Crippen LogP contribution is -2.46. The van der Waals surface area contributed by atoms with Gasteiger partial charge < -0.3 is 19.7 Å². The number of benzene rings is 1. The van der Waals surface area contributed by atoms with Gasteiger partial charge in [0.05, 0.1) is 13.7 Å². The fraction of sp³-hybridized carbons (Fsp3) is 0.682. The van der Waals surface area contributed by atoms with Crippen molar-refractivity contribution in [1.29, 1.82) is 0 Å². The van der Waals surface area contributed by atoms with E-state index in [0.29, 0.717) is 12.6 Å². The summed E-state index contributed by atoms with van der Waals surface area (Å²) in [5.41, 5.74) is 1.20. The van der Waals surface area contributed by atoms with Crippen LogP contribution in [-0.2, 0) is 6.54 Å². The largest absolute Gasteiger partial charge is 0.493 e. The van der Waals surface area contributed by atoms with Gasteiger partial charge in [0.15, 0.2) is 16.6 Å². The molecule has 2 aliphatic carbocycles. The number of rotatable bonds is 9. The van der Waals surface area contributed by atoms with Crippen LogP contribution in [0.2, 0.25) is 0 Å². The highest BCUT2D eigenvalue weighted by atomic mass is 32.1. The minimum Gasteiger partial charge on any atom is -0.493 e. The Morgan fingerprint density at radius 2 is 2.04 bits per heavy atom. The van der Waals surface area contributed by atoms with Gasteiger partial charge in [-0.15, -0.1) is 0 Å². The van der Waals surface area contributed by atoms with Crippen molar-refractivity contribution in [3.8, 4) is 11.5 Å². The van der Waals surface area contributed by atoms with E-state index in [1.165, 1.54) is 31.2 Å². The van der Waals surface area contributed by atoms with Gasteiger partial charge in [-0.05, 0) is 73.9 Å². The maximum absolute atomic E-state index is 5.80. The molecule has 2 aliphatic rings. The van der Waals surface area contributed by atoms with Crippen LogP contribution in [-0.4, -0.2) is 36.3 Å². The molecule has 5 heteroatoms. The molecule has 3 atom stereocenters. The zero-order valence-electron chi connectivity index (χ0n) is 17.0. The van der Waals surface area contributed by atoms with E-state index in [0.717, 1.165) is 54.4 Å². The summed E-state index contributed by atoms with van der Waals surface area (Å²) in [6.45, 7) is 6.77. The number of nitrogens with zero attached hydrogens (tertiary/aromatic N) is 1. The molecule has 1 N–H and O–H groups in total. The second-order valence-electron chi connectivity index (χ2n) is 7.99. The van der Waals surface area contributed by atoms with Crippen molar-refractivity contribution in [2.75, 3.05) is 20.3 Å². The predicted molar refractivity (Wildman–Crippen MR) is 114 cm³/mol. The molecule has 4 nitrogen and oxygen atoms in total. The van der Waals surface area contributed by atoms with Gasteiger partial charge in [-0.2, -0.15) is 0 Å². The van der Waals surface area contributed by atoms with Crippen LogP contribution in [0.25, 0.3) is 0 Å². The van der Waals surface area contributed by atoms with Crippen LogP contribution in [0.4, 0.5) is 0 Å². The summed E-state index contributed by atoms with van der Waals surface area (Å²) in [6, 6.07) is 6.79. The number of methoxy groups -OCH3 is 1. The van der Waals surface area contributed by atoms with Gasteiger partial charge in [0.25, 0.3) is 0 Å². The third-order valence-electron chi connectivity index (χ3n) is 5.89. The highest BCUT2D eigenvalue weighted by molar-refractivity contribution is 7.80. The maximum atomic E-state index is 5.80. The van der Waals surface area contributed by atoms with Gasteiger partial charge in [0, 0.05) is 19.1 Å². The highest BCUT2D eigenvalue weighted by Crippen LogP contribution is 2.44. The molecule has 2 fully saturated rings. The van der Waals surface area contributed by atoms with Crippen LogP contribution >= 0.6 is 12.2 Å². The van der Waals surface area contributed by atoms with E-state index in [9.17, 15) is 0 Å². The number of hydrogen-bond acceptors (Lipinski definition) is 3. The highest BCUT2D eigenvalue weighted by Gasteiger charge is 2.40. The Kier molecular flexibility index (Phi) is 7.22. The average Bonchev–Trinajstić information content (AvgIpc) is 3.29. The Hall–Kier alpha value is -1.49. The molecule has 0 unspecified atom stereocenters. The molecule has 2 bridgehead atoms. The maximum Gasteiger partial charge on any atom is 0.169 e. The molecule has 0 aromatic heterocycles.